The Labute approximate surface area is 75.9 Å². The van der Waals surface area contributed by atoms with Crippen LogP contribution in [0, 0.1) is 6.92 Å². The van der Waals surface area contributed by atoms with Gasteiger partial charge in [-0.15, -0.1) is 0 Å². The fourth-order valence-electron chi connectivity index (χ4n) is 1.10. The number of hydrogen-bond donors (Lipinski definition) is 1. The lowest BCUT2D eigenvalue weighted by atomic mass is 10.3. The molecule has 4 heteroatoms. The Morgan fingerprint density at radius 1 is 1.75 bits per heavy atom. The Morgan fingerprint density at radius 2 is 2.58 bits per heavy atom. The molecular formula is C8H12N2OS. The van der Waals surface area contributed by atoms with Gasteiger partial charge in [0.1, 0.15) is 0 Å². The molecule has 1 aliphatic heterocycles. The quantitative estimate of drug-likeness (QED) is 0.765. The van der Waals surface area contributed by atoms with Crippen molar-refractivity contribution in [2.45, 2.75) is 19.5 Å². The lowest BCUT2D eigenvalue weighted by Crippen LogP contribution is -2.39. The largest absolute Gasteiger partial charge is 0.360 e. The van der Waals surface area contributed by atoms with Crippen molar-refractivity contribution in [2.24, 2.45) is 0 Å². The highest BCUT2D eigenvalue weighted by Crippen LogP contribution is 2.17. The van der Waals surface area contributed by atoms with Crippen LogP contribution >= 0.6 is 11.8 Å². The number of aromatic nitrogens is 1. The number of nitrogens with one attached hydrogen (secondary N) is 1. The third-order valence-electron chi connectivity index (χ3n) is 1.88. The highest BCUT2D eigenvalue weighted by Gasteiger charge is 2.17. The van der Waals surface area contributed by atoms with Crippen LogP contribution in [0.4, 0.5) is 0 Å². The molecule has 0 aromatic carbocycles. The molecule has 1 aromatic heterocycles. The van der Waals surface area contributed by atoms with Crippen LogP contribution in [0.2, 0.25) is 0 Å². The van der Waals surface area contributed by atoms with Crippen LogP contribution < -0.4 is 5.32 Å². The van der Waals surface area contributed by atoms with Gasteiger partial charge in [0.05, 0.1) is 12.2 Å². The van der Waals surface area contributed by atoms with E-state index in [2.05, 4.69) is 10.5 Å². The van der Waals surface area contributed by atoms with Crippen LogP contribution in [0.5, 0.6) is 0 Å². The summed E-state index contributed by atoms with van der Waals surface area (Å²) in [6.07, 6.45) is 0. The highest BCUT2D eigenvalue weighted by molar-refractivity contribution is 8.00. The summed E-state index contributed by atoms with van der Waals surface area (Å²) in [6, 6.07) is 2.65. The predicted octanol–water partition coefficient (Wildman–Crippen LogP) is 1.19. The van der Waals surface area contributed by atoms with Gasteiger partial charge in [-0.3, -0.25) is 0 Å². The van der Waals surface area contributed by atoms with Gasteiger partial charge in [-0.05, 0) is 6.92 Å². The summed E-state index contributed by atoms with van der Waals surface area (Å²) in [5.41, 5.74) is 0.954. The first kappa shape index (κ1) is 8.13. The summed E-state index contributed by atoms with van der Waals surface area (Å²) in [6.45, 7) is 2.75. The Bertz CT molecular complexity index is 257. The monoisotopic (exact) mass is 184 g/mol. The summed E-state index contributed by atoms with van der Waals surface area (Å²) >= 11 is 1.98. The molecule has 1 aliphatic rings. The topological polar surface area (TPSA) is 38.1 Å². The summed E-state index contributed by atoms with van der Waals surface area (Å²) in [4.78, 5) is 0. The molecule has 12 heavy (non-hydrogen) atoms. The van der Waals surface area contributed by atoms with Crippen LogP contribution in [-0.4, -0.2) is 22.7 Å². The van der Waals surface area contributed by atoms with Gasteiger partial charge < -0.3 is 9.84 Å². The van der Waals surface area contributed by atoms with Crippen LogP contribution in [0.1, 0.15) is 11.5 Å². The minimum atomic E-state index is 0.681. The molecule has 0 amide bonds. The van der Waals surface area contributed by atoms with E-state index in [-0.39, 0.29) is 0 Å². The third kappa shape index (κ3) is 1.81. The summed E-state index contributed by atoms with van der Waals surface area (Å²) in [7, 11) is 0. The van der Waals surface area contributed by atoms with E-state index in [1.807, 2.05) is 24.8 Å². The Hall–Kier alpha value is -0.480. The first-order valence-corrected chi connectivity index (χ1v) is 5.23. The average Bonchev–Trinajstić information content (AvgIpc) is 2.32. The Balaban J connectivity index is 1.79. The van der Waals surface area contributed by atoms with Crippen LogP contribution in [0.25, 0.3) is 0 Å². The molecule has 0 aliphatic carbocycles. The second-order valence-electron chi connectivity index (χ2n) is 3.05. The molecule has 0 unspecified atom stereocenters. The van der Waals surface area contributed by atoms with E-state index in [0.717, 1.165) is 18.0 Å². The predicted molar refractivity (Wildman–Crippen MR) is 49.2 cm³/mol. The molecule has 0 atom stereocenters. The number of hydrogen-bond acceptors (Lipinski definition) is 4. The smallest absolute Gasteiger partial charge is 0.150 e. The number of aryl methyl sites for hydroxylation is 1. The van der Waals surface area contributed by atoms with Crippen LogP contribution in [0.3, 0.4) is 0 Å². The highest BCUT2D eigenvalue weighted by atomic mass is 32.2. The van der Waals surface area contributed by atoms with Gasteiger partial charge in [-0.25, -0.2) is 0 Å². The molecule has 3 nitrogen and oxygen atoms in total. The van der Waals surface area contributed by atoms with Crippen molar-refractivity contribution >= 4 is 11.8 Å². The van der Waals surface area contributed by atoms with E-state index >= 15 is 0 Å². The normalized spacial score (nSPS) is 17.8. The van der Waals surface area contributed by atoms with Crippen molar-refractivity contribution in [2.75, 3.05) is 11.5 Å². The summed E-state index contributed by atoms with van der Waals surface area (Å²) < 4.78 is 5.06. The first-order valence-electron chi connectivity index (χ1n) is 4.08. The van der Waals surface area contributed by atoms with Gasteiger partial charge in [0, 0.05) is 23.6 Å². The molecule has 2 heterocycles. The van der Waals surface area contributed by atoms with E-state index in [4.69, 9.17) is 4.52 Å². The lowest BCUT2D eigenvalue weighted by molar-refractivity contribution is 0.364. The zero-order valence-electron chi connectivity index (χ0n) is 7.04. The third-order valence-corrected chi connectivity index (χ3v) is 3.16. The van der Waals surface area contributed by atoms with Crippen molar-refractivity contribution in [1.82, 2.24) is 10.5 Å². The first-order chi connectivity index (χ1) is 5.84. The SMILES string of the molecule is Cc1cc(CNC2CSC2)on1. The van der Waals surface area contributed by atoms with E-state index in [1.165, 1.54) is 11.5 Å². The zero-order valence-corrected chi connectivity index (χ0v) is 7.86. The van der Waals surface area contributed by atoms with Gasteiger partial charge in [0.2, 0.25) is 0 Å². The van der Waals surface area contributed by atoms with Crippen molar-refractivity contribution in [3.8, 4) is 0 Å². The van der Waals surface area contributed by atoms with Gasteiger partial charge in [0.15, 0.2) is 5.76 Å². The summed E-state index contributed by atoms with van der Waals surface area (Å²) in [5, 5.41) is 7.21. The van der Waals surface area contributed by atoms with E-state index < -0.39 is 0 Å². The lowest BCUT2D eigenvalue weighted by Gasteiger charge is -2.25. The Morgan fingerprint density at radius 3 is 3.08 bits per heavy atom. The average molecular weight is 184 g/mol. The minimum Gasteiger partial charge on any atom is -0.360 e. The van der Waals surface area contributed by atoms with E-state index in [1.54, 1.807) is 0 Å². The molecule has 1 N–H and O–H groups in total. The van der Waals surface area contributed by atoms with Gasteiger partial charge in [-0.1, -0.05) is 5.16 Å². The fraction of sp³-hybridized carbons (Fsp3) is 0.625. The molecule has 2 rings (SSSR count). The molecule has 1 aromatic rings. The van der Waals surface area contributed by atoms with Crippen LogP contribution in [-0.2, 0) is 6.54 Å². The van der Waals surface area contributed by atoms with Crippen molar-refractivity contribution in [3.05, 3.63) is 17.5 Å². The number of nitrogens with zero attached hydrogens (tertiary/aromatic N) is 1. The van der Waals surface area contributed by atoms with Crippen molar-refractivity contribution < 1.29 is 4.52 Å². The van der Waals surface area contributed by atoms with Crippen LogP contribution in [0.15, 0.2) is 10.6 Å². The van der Waals surface area contributed by atoms with E-state index in [0.29, 0.717) is 6.04 Å². The maximum Gasteiger partial charge on any atom is 0.150 e. The fourth-order valence-corrected chi connectivity index (χ4v) is 1.81. The summed E-state index contributed by atoms with van der Waals surface area (Å²) in [5.74, 6) is 3.39. The molecule has 66 valence electrons. The molecule has 1 fully saturated rings. The van der Waals surface area contributed by atoms with Crippen molar-refractivity contribution in [3.63, 3.8) is 0 Å². The van der Waals surface area contributed by atoms with Crippen molar-refractivity contribution in [1.29, 1.82) is 0 Å². The molecule has 0 radical (unpaired) electrons. The van der Waals surface area contributed by atoms with Gasteiger partial charge >= 0.3 is 0 Å². The zero-order chi connectivity index (χ0) is 8.39. The van der Waals surface area contributed by atoms with Gasteiger partial charge in [-0.2, -0.15) is 11.8 Å². The van der Waals surface area contributed by atoms with E-state index in [9.17, 15) is 0 Å². The molecule has 0 saturated carbocycles. The molecule has 1 saturated heterocycles. The second kappa shape index (κ2) is 3.49. The number of thioether (sulfide) groups is 1. The minimum absolute atomic E-state index is 0.681. The number of rotatable bonds is 3. The molecule has 0 spiro atoms. The van der Waals surface area contributed by atoms with Gasteiger partial charge in [0.25, 0.3) is 0 Å². The molecule has 0 bridgehead atoms. The maximum absolute atomic E-state index is 5.06. The second-order valence-corrected chi connectivity index (χ2v) is 4.12. The molecular weight excluding hydrogens is 172 g/mol. The maximum atomic E-state index is 5.06. The standard InChI is InChI=1S/C8H12N2OS/c1-6-2-8(11-10-6)3-9-7-4-12-5-7/h2,7,9H,3-5H2,1H3. The Kier molecular flexibility index (Phi) is 2.37.